The van der Waals surface area contributed by atoms with Gasteiger partial charge in [0.2, 0.25) is 0 Å². The third-order valence-electron chi connectivity index (χ3n) is 5.67. The van der Waals surface area contributed by atoms with Crippen molar-refractivity contribution < 1.29 is 0 Å². The summed E-state index contributed by atoms with van der Waals surface area (Å²) in [7, 11) is 2.13. The number of rotatable bonds is 2. The number of H-pyrrole nitrogens is 1. The summed E-state index contributed by atoms with van der Waals surface area (Å²) >= 11 is 0. The number of para-hydroxylation sites is 2. The van der Waals surface area contributed by atoms with Crippen LogP contribution in [0, 0.1) is 18.3 Å². The highest BCUT2D eigenvalue weighted by molar-refractivity contribution is 5.92. The van der Waals surface area contributed by atoms with Crippen molar-refractivity contribution in [3.8, 4) is 6.07 Å². The van der Waals surface area contributed by atoms with Gasteiger partial charge < -0.3 is 9.88 Å². The van der Waals surface area contributed by atoms with Crippen molar-refractivity contribution in [1.29, 1.82) is 5.26 Å². The molecule has 2 heterocycles. The molecule has 4 heteroatoms. The van der Waals surface area contributed by atoms with Gasteiger partial charge in [-0.1, -0.05) is 18.2 Å². The second kappa shape index (κ2) is 6.38. The van der Waals surface area contributed by atoms with E-state index in [0.29, 0.717) is 11.4 Å². The van der Waals surface area contributed by atoms with Crippen LogP contribution in [0.4, 0.5) is 5.69 Å². The van der Waals surface area contributed by atoms with Crippen molar-refractivity contribution in [2.75, 3.05) is 11.9 Å². The van der Waals surface area contributed by atoms with Crippen LogP contribution in [-0.4, -0.2) is 22.6 Å². The van der Waals surface area contributed by atoms with Crippen molar-refractivity contribution in [3.63, 3.8) is 0 Å². The van der Waals surface area contributed by atoms with E-state index < -0.39 is 0 Å². The third kappa shape index (κ3) is 2.90. The lowest BCUT2D eigenvalue weighted by Gasteiger charge is -2.41. The van der Waals surface area contributed by atoms with E-state index in [0.717, 1.165) is 22.2 Å². The number of nitriles is 1. The van der Waals surface area contributed by atoms with E-state index in [9.17, 15) is 5.26 Å². The monoisotopic (exact) mass is 368 g/mol. The quantitative estimate of drug-likeness (QED) is 0.602. The standard InChI is InChI=1S/C24H24N4/c1-15-10-22-19(16(2)13-24(3,4)28(22)5)12-17(15)11-18(14-25)23-26-20-8-6-7-9-21(20)27-23/h6-13H,1-5H3,(H,26,27)/b18-11+. The molecule has 4 nitrogen and oxygen atoms in total. The lowest BCUT2D eigenvalue weighted by molar-refractivity contribution is 0.597. The Labute approximate surface area is 165 Å². The second-order valence-corrected chi connectivity index (χ2v) is 8.04. The first-order valence-electron chi connectivity index (χ1n) is 9.45. The van der Waals surface area contributed by atoms with Crippen molar-refractivity contribution in [3.05, 3.63) is 65.0 Å². The molecule has 0 bridgehead atoms. The van der Waals surface area contributed by atoms with E-state index in [1.165, 1.54) is 16.8 Å². The van der Waals surface area contributed by atoms with E-state index >= 15 is 0 Å². The van der Waals surface area contributed by atoms with Gasteiger partial charge >= 0.3 is 0 Å². The molecule has 0 radical (unpaired) electrons. The van der Waals surface area contributed by atoms with Gasteiger partial charge in [0.1, 0.15) is 11.9 Å². The van der Waals surface area contributed by atoms with Crippen LogP contribution in [-0.2, 0) is 0 Å². The minimum Gasteiger partial charge on any atom is -0.365 e. The zero-order valence-electron chi connectivity index (χ0n) is 17.0. The number of hydrogen-bond donors (Lipinski definition) is 1. The van der Waals surface area contributed by atoms with Crippen molar-refractivity contribution in [2.45, 2.75) is 33.2 Å². The lowest BCUT2D eigenvalue weighted by atomic mass is 9.87. The van der Waals surface area contributed by atoms with E-state index in [1.807, 2.05) is 30.3 Å². The Morgan fingerprint density at radius 2 is 1.96 bits per heavy atom. The predicted octanol–water partition coefficient (Wildman–Crippen LogP) is 5.57. The number of nitrogens with zero attached hydrogens (tertiary/aromatic N) is 3. The van der Waals surface area contributed by atoms with E-state index in [-0.39, 0.29) is 5.54 Å². The highest BCUT2D eigenvalue weighted by Crippen LogP contribution is 2.39. The van der Waals surface area contributed by atoms with Crippen molar-refractivity contribution in [2.24, 2.45) is 0 Å². The third-order valence-corrected chi connectivity index (χ3v) is 5.67. The maximum atomic E-state index is 9.76. The topological polar surface area (TPSA) is 55.7 Å². The summed E-state index contributed by atoms with van der Waals surface area (Å²) in [6.07, 6.45) is 4.23. The van der Waals surface area contributed by atoms with Gasteiger partial charge in [-0.2, -0.15) is 5.26 Å². The zero-order valence-corrected chi connectivity index (χ0v) is 17.0. The zero-order chi connectivity index (χ0) is 20.1. The van der Waals surface area contributed by atoms with Crippen LogP contribution in [0.2, 0.25) is 0 Å². The average Bonchev–Trinajstić information content (AvgIpc) is 3.08. The van der Waals surface area contributed by atoms with Gasteiger partial charge in [-0.25, -0.2) is 4.98 Å². The molecule has 2 aromatic carbocycles. The molecule has 0 amide bonds. The number of likely N-dealkylation sites (N-methyl/N-ethyl adjacent to an activating group) is 1. The fourth-order valence-corrected chi connectivity index (χ4v) is 3.86. The van der Waals surface area contributed by atoms with Crippen molar-refractivity contribution >= 4 is 33.9 Å². The normalized spacial score (nSPS) is 15.9. The molecule has 4 rings (SSSR count). The number of aryl methyl sites for hydroxylation is 1. The Hall–Kier alpha value is -3.32. The Morgan fingerprint density at radius 3 is 2.68 bits per heavy atom. The summed E-state index contributed by atoms with van der Waals surface area (Å²) in [5.41, 5.74) is 8.18. The smallest absolute Gasteiger partial charge is 0.149 e. The van der Waals surface area contributed by atoms with Crippen LogP contribution >= 0.6 is 0 Å². The molecule has 1 aliphatic heterocycles. The van der Waals surface area contributed by atoms with Gasteiger partial charge in [0.05, 0.1) is 22.1 Å². The summed E-state index contributed by atoms with van der Waals surface area (Å²) in [4.78, 5) is 10.1. The maximum Gasteiger partial charge on any atom is 0.149 e. The van der Waals surface area contributed by atoms with E-state index in [2.05, 4.69) is 73.9 Å². The van der Waals surface area contributed by atoms with Crippen LogP contribution < -0.4 is 4.90 Å². The molecule has 0 spiro atoms. The fraction of sp³-hybridized carbons (Fsp3) is 0.250. The van der Waals surface area contributed by atoms with Crippen LogP contribution in [0.25, 0.3) is 28.3 Å². The summed E-state index contributed by atoms with van der Waals surface area (Å²) < 4.78 is 0. The first kappa shape index (κ1) is 18.1. The number of hydrogen-bond acceptors (Lipinski definition) is 3. The molecule has 1 aromatic heterocycles. The molecule has 0 atom stereocenters. The number of allylic oxidation sites excluding steroid dienone is 2. The molecule has 0 fully saturated rings. The minimum atomic E-state index is -0.0209. The summed E-state index contributed by atoms with van der Waals surface area (Å²) in [6, 6.07) is 14.5. The Bertz CT molecular complexity index is 1150. The summed E-state index contributed by atoms with van der Waals surface area (Å²) in [5, 5.41) is 9.76. The number of anilines is 1. The Balaban J connectivity index is 1.83. The number of imidazole rings is 1. The van der Waals surface area contributed by atoms with Gasteiger partial charge in [0, 0.05) is 18.3 Å². The number of aromatic amines is 1. The molecule has 0 aliphatic carbocycles. The number of nitrogens with one attached hydrogen (secondary N) is 1. The number of aromatic nitrogens is 2. The molecule has 0 saturated carbocycles. The summed E-state index contributed by atoms with van der Waals surface area (Å²) in [6.45, 7) is 8.69. The predicted molar refractivity (Wildman–Crippen MR) is 117 cm³/mol. The van der Waals surface area contributed by atoms with Gasteiger partial charge in [-0.05, 0) is 74.7 Å². The average molecular weight is 368 g/mol. The van der Waals surface area contributed by atoms with Crippen LogP contribution in [0.3, 0.4) is 0 Å². The van der Waals surface area contributed by atoms with Crippen LogP contribution in [0.5, 0.6) is 0 Å². The molecule has 1 N–H and O–H groups in total. The fourth-order valence-electron chi connectivity index (χ4n) is 3.86. The van der Waals surface area contributed by atoms with Crippen LogP contribution in [0.15, 0.2) is 42.5 Å². The van der Waals surface area contributed by atoms with Gasteiger partial charge in [0.25, 0.3) is 0 Å². The molecule has 28 heavy (non-hydrogen) atoms. The SMILES string of the molecule is CC1=CC(C)(C)N(C)c2cc(C)c(/C=C(\C#N)c3nc4ccccc4[nH]3)cc21. The van der Waals surface area contributed by atoms with E-state index in [1.54, 1.807) is 0 Å². The number of benzene rings is 2. The Morgan fingerprint density at radius 1 is 1.21 bits per heavy atom. The highest BCUT2D eigenvalue weighted by atomic mass is 15.2. The summed E-state index contributed by atoms with van der Waals surface area (Å²) in [5.74, 6) is 0.603. The highest BCUT2D eigenvalue weighted by Gasteiger charge is 2.28. The van der Waals surface area contributed by atoms with Crippen LogP contribution in [0.1, 0.15) is 43.3 Å². The first-order chi connectivity index (χ1) is 13.3. The lowest BCUT2D eigenvalue weighted by Crippen LogP contribution is -2.42. The van der Waals surface area contributed by atoms with E-state index in [4.69, 9.17) is 0 Å². The second-order valence-electron chi connectivity index (χ2n) is 8.04. The van der Waals surface area contributed by atoms with Gasteiger partial charge in [-0.15, -0.1) is 0 Å². The van der Waals surface area contributed by atoms with Crippen molar-refractivity contribution in [1.82, 2.24) is 9.97 Å². The molecule has 1 aliphatic rings. The molecular formula is C24H24N4. The molecular weight excluding hydrogens is 344 g/mol. The largest absolute Gasteiger partial charge is 0.365 e. The molecule has 140 valence electrons. The first-order valence-corrected chi connectivity index (χ1v) is 9.45. The molecule has 0 saturated heterocycles. The minimum absolute atomic E-state index is 0.0209. The molecule has 3 aromatic rings. The molecule has 0 unspecified atom stereocenters. The van der Waals surface area contributed by atoms with Gasteiger partial charge in [-0.3, -0.25) is 0 Å². The Kier molecular flexibility index (Phi) is 4.12. The number of fused-ring (bicyclic) bond motifs is 2. The maximum absolute atomic E-state index is 9.76. The van der Waals surface area contributed by atoms with Gasteiger partial charge in [0.15, 0.2) is 0 Å².